The summed E-state index contributed by atoms with van der Waals surface area (Å²) in [6, 6.07) is 2.21. The smallest absolute Gasteiger partial charge is 0.420 e. The van der Waals surface area contributed by atoms with Crippen LogP contribution in [0.4, 0.5) is 26.3 Å². The highest BCUT2D eigenvalue weighted by atomic mass is 19.4. The fraction of sp³-hybridized carbons (Fsp3) is 0.684. The molecule has 0 aromatic heterocycles. The number of halogens is 6. The molecule has 26 heavy (non-hydrogen) atoms. The van der Waals surface area contributed by atoms with Crippen LogP contribution >= 0.6 is 0 Å². The lowest BCUT2D eigenvalue weighted by atomic mass is 9.75. The average molecular weight is 382 g/mol. The van der Waals surface area contributed by atoms with Gasteiger partial charge in [-0.05, 0) is 56.1 Å². The van der Waals surface area contributed by atoms with Gasteiger partial charge < -0.3 is 4.74 Å². The molecule has 0 amide bonds. The van der Waals surface area contributed by atoms with E-state index in [1.807, 2.05) is 0 Å². The van der Waals surface area contributed by atoms with Gasteiger partial charge in [0.05, 0.1) is 12.2 Å². The molecule has 1 aromatic rings. The van der Waals surface area contributed by atoms with Gasteiger partial charge in [-0.2, -0.15) is 26.3 Å². The molecule has 0 aliphatic heterocycles. The molecule has 1 aliphatic carbocycles. The van der Waals surface area contributed by atoms with Gasteiger partial charge in [-0.15, -0.1) is 0 Å². The van der Waals surface area contributed by atoms with E-state index in [9.17, 15) is 26.3 Å². The van der Waals surface area contributed by atoms with Crippen LogP contribution in [0.2, 0.25) is 0 Å². The minimum atomic E-state index is -5.13. The fourth-order valence-electron chi connectivity index (χ4n) is 3.97. The van der Waals surface area contributed by atoms with Crippen LogP contribution < -0.4 is 4.74 Å². The van der Waals surface area contributed by atoms with Crippen LogP contribution in [0.3, 0.4) is 0 Å². The summed E-state index contributed by atoms with van der Waals surface area (Å²) in [5.74, 6) is -0.803. The van der Waals surface area contributed by atoms with Crippen LogP contribution in [0.5, 0.6) is 5.75 Å². The van der Waals surface area contributed by atoms with Crippen molar-refractivity contribution < 1.29 is 31.1 Å². The van der Waals surface area contributed by atoms with Crippen molar-refractivity contribution in [1.82, 2.24) is 0 Å². The van der Waals surface area contributed by atoms with Crippen LogP contribution in [0.25, 0.3) is 0 Å². The second kappa shape index (κ2) is 8.09. The largest absolute Gasteiger partial charge is 0.493 e. The van der Waals surface area contributed by atoms with E-state index >= 15 is 0 Å². The number of benzene rings is 1. The summed E-state index contributed by atoms with van der Waals surface area (Å²) in [6.45, 7) is 3.36. The summed E-state index contributed by atoms with van der Waals surface area (Å²) >= 11 is 0. The second-order valence-corrected chi connectivity index (χ2v) is 6.84. The van der Waals surface area contributed by atoms with E-state index in [1.54, 1.807) is 0 Å². The summed E-state index contributed by atoms with van der Waals surface area (Å²) in [4.78, 5) is 0. The van der Waals surface area contributed by atoms with Crippen molar-refractivity contribution in [3.63, 3.8) is 0 Å². The Morgan fingerprint density at radius 2 is 1.46 bits per heavy atom. The van der Waals surface area contributed by atoms with E-state index in [2.05, 4.69) is 6.92 Å². The van der Waals surface area contributed by atoms with Crippen molar-refractivity contribution >= 4 is 0 Å². The Hall–Kier alpha value is -1.40. The summed E-state index contributed by atoms with van der Waals surface area (Å²) in [6.07, 6.45) is -5.73. The molecule has 1 fully saturated rings. The van der Waals surface area contributed by atoms with Gasteiger partial charge >= 0.3 is 12.4 Å². The van der Waals surface area contributed by atoms with E-state index in [-0.39, 0.29) is 12.2 Å². The standard InChI is InChI=1S/C19H24F6O/c1-3-5-12-6-8-13(9-7-12)14-10-11-15(26-4-2)17(19(23,24)25)16(14)18(20,21)22/h10-13H,3-9H2,1-2H3. The van der Waals surface area contributed by atoms with Crippen molar-refractivity contribution in [2.45, 2.75) is 70.6 Å². The van der Waals surface area contributed by atoms with E-state index in [1.165, 1.54) is 13.0 Å². The van der Waals surface area contributed by atoms with E-state index in [0.717, 1.165) is 31.7 Å². The van der Waals surface area contributed by atoms with Crippen LogP contribution in [-0.4, -0.2) is 6.61 Å². The molecular weight excluding hydrogens is 358 g/mol. The molecule has 0 radical (unpaired) electrons. The molecule has 1 aromatic carbocycles. The van der Waals surface area contributed by atoms with Crippen molar-refractivity contribution in [1.29, 1.82) is 0 Å². The minimum Gasteiger partial charge on any atom is -0.493 e. The first-order valence-corrected chi connectivity index (χ1v) is 9.03. The quantitative estimate of drug-likeness (QED) is 0.490. The normalized spacial score (nSPS) is 21.7. The third-order valence-corrected chi connectivity index (χ3v) is 5.05. The Kier molecular flexibility index (Phi) is 6.51. The topological polar surface area (TPSA) is 9.23 Å². The second-order valence-electron chi connectivity index (χ2n) is 6.84. The predicted molar refractivity (Wildman–Crippen MR) is 87.2 cm³/mol. The van der Waals surface area contributed by atoms with Gasteiger partial charge in [0.1, 0.15) is 11.3 Å². The monoisotopic (exact) mass is 382 g/mol. The molecule has 1 saturated carbocycles. The number of ether oxygens (including phenoxy) is 1. The van der Waals surface area contributed by atoms with Gasteiger partial charge in [-0.3, -0.25) is 0 Å². The third-order valence-electron chi connectivity index (χ3n) is 5.05. The van der Waals surface area contributed by atoms with Gasteiger partial charge in [0.2, 0.25) is 0 Å². The Bertz CT molecular complexity index is 597. The molecular formula is C19H24F6O. The van der Waals surface area contributed by atoms with Crippen LogP contribution in [0.1, 0.15) is 75.0 Å². The molecule has 2 rings (SSSR count). The van der Waals surface area contributed by atoms with E-state index in [0.29, 0.717) is 18.8 Å². The average Bonchev–Trinajstić information content (AvgIpc) is 2.54. The predicted octanol–water partition coefficient (Wildman–Crippen LogP) is 7.20. The highest BCUT2D eigenvalue weighted by Gasteiger charge is 2.48. The number of alkyl halides is 6. The maximum Gasteiger partial charge on any atom is 0.420 e. The lowest BCUT2D eigenvalue weighted by Gasteiger charge is -2.31. The van der Waals surface area contributed by atoms with E-state index < -0.39 is 35.1 Å². The molecule has 0 heterocycles. The maximum atomic E-state index is 13.7. The van der Waals surface area contributed by atoms with Gasteiger partial charge in [0.25, 0.3) is 0 Å². The van der Waals surface area contributed by atoms with Gasteiger partial charge in [0.15, 0.2) is 0 Å². The number of rotatable bonds is 5. The van der Waals surface area contributed by atoms with Crippen LogP contribution in [-0.2, 0) is 12.4 Å². The molecule has 0 bridgehead atoms. The summed E-state index contributed by atoms with van der Waals surface area (Å²) in [5.41, 5.74) is -3.52. The molecule has 0 saturated heterocycles. The fourth-order valence-corrected chi connectivity index (χ4v) is 3.97. The number of hydrogen-bond acceptors (Lipinski definition) is 1. The lowest BCUT2D eigenvalue weighted by Crippen LogP contribution is -2.23. The lowest BCUT2D eigenvalue weighted by molar-refractivity contribution is -0.163. The van der Waals surface area contributed by atoms with Crippen LogP contribution in [0, 0.1) is 5.92 Å². The first kappa shape index (κ1) is 20.9. The van der Waals surface area contributed by atoms with Crippen LogP contribution in [0.15, 0.2) is 12.1 Å². The van der Waals surface area contributed by atoms with Crippen molar-refractivity contribution in [2.24, 2.45) is 5.92 Å². The van der Waals surface area contributed by atoms with Gasteiger partial charge in [-0.25, -0.2) is 0 Å². The first-order valence-electron chi connectivity index (χ1n) is 9.03. The van der Waals surface area contributed by atoms with Gasteiger partial charge in [0, 0.05) is 0 Å². The zero-order valence-electron chi connectivity index (χ0n) is 14.9. The Balaban J connectivity index is 2.50. The molecule has 0 spiro atoms. The van der Waals surface area contributed by atoms with Crippen molar-refractivity contribution in [3.8, 4) is 5.75 Å². The Morgan fingerprint density at radius 3 is 1.92 bits per heavy atom. The molecule has 0 unspecified atom stereocenters. The first-order chi connectivity index (χ1) is 12.1. The highest BCUT2D eigenvalue weighted by Crippen LogP contribution is 2.50. The maximum absolute atomic E-state index is 13.7. The molecule has 1 aliphatic rings. The SMILES string of the molecule is CCCC1CCC(c2ccc(OCC)c(C(F)(F)F)c2C(F)(F)F)CC1. The molecule has 7 heteroatoms. The molecule has 0 N–H and O–H groups in total. The highest BCUT2D eigenvalue weighted by molar-refractivity contribution is 5.50. The van der Waals surface area contributed by atoms with E-state index in [4.69, 9.17) is 4.74 Å². The zero-order chi connectivity index (χ0) is 19.5. The Morgan fingerprint density at radius 1 is 0.885 bits per heavy atom. The zero-order valence-corrected chi connectivity index (χ0v) is 14.9. The molecule has 148 valence electrons. The molecule has 0 atom stereocenters. The Labute approximate surface area is 149 Å². The summed E-state index contributed by atoms with van der Waals surface area (Å²) < 4.78 is 86.3. The molecule has 1 nitrogen and oxygen atoms in total. The minimum absolute atomic E-state index is 0.137. The van der Waals surface area contributed by atoms with Gasteiger partial charge in [-0.1, -0.05) is 25.8 Å². The van der Waals surface area contributed by atoms with Crippen molar-refractivity contribution in [2.75, 3.05) is 6.61 Å². The summed E-state index contributed by atoms with van der Waals surface area (Å²) in [7, 11) is 0. The summed E-state index contributed by atoms with van der Waals surface area (Å²) in [5, 5.41) is 0. The third kappa shape index (κ3) is 4.65. The number of hydrogen-bond donors (Lipinski definition) is 0. The van der Waals surface area contributed by atoms with Crippen molar-refractivity contribution in [3.05, 3.63) is 28.8 Å².